The van der Waals surface area contributed by atoms with Gasteiger partial charge in [-0.3, -0.25) is 9.59 Å². The molecule has 1 aromatic carbocycles. The number of aromatic hydroxyl groups is 1. The second-order valence-electron chi connectivity index (χ2n) is 3.50. The van der Waals surface area contributed by atoms with Crippen molar-refractivity contribution in [2.45, 2.75) is 6.92 Å². The van der Waals surface area contributed by atoms with Crippen LogP contribution in [0.25, 0.3) is 0 Å². The second kappa shape index (κ2) is 5.16. The molecular weight excluding hydrogens is 210 g/mol. The molecule has 0 fully saturated rings. The molecule has 0 aliphatic carbocycles. The lowest BCUT2D eigenvalue weighted by molar-refractivity contribution is -0.140. The summed E-state index contributed by atoms with van der Waals surface area (Å²) in [7, 11) is 0. The number of rotatable bonds is 4. The molecule has 0 spiro atoms. The van der Waals surface area contributed by atoms with Crippen LogP contribution in [0, 0.1) is 5.92 Å². The van der Waals surface area contributed by atoms with Crippen molar-refractivity contribution in [1.82, 2.24) is 5.32 Å². The van der Waals surface area contributed by atoms with Gasteiger partial charge in [0.25, 0.3) is 5.91 Å². The van der Waals surface area contributed by atoms with Crippen LogP contribution in [0.4, 0.5) is 0 Å². The summed E-state index contributed by atoms with van der Waals surface area (Å²) in [6, 6.07) is 5.73. The first-order valence-electron chi connectivity index (χ1n) is 4.80. The molecule has 1 amide bonds. The van der Waals surface area contributed by atoms with Crippen molar-refractivity contribution in [3.8, 4) is 5.75 Å². The van der Waals surface area contributed by atoms with Crippen LogP contribution in [0.2, 0.25) is 0 Å². The van der Waals surface area contributed by atoms with E-state index in [0.717, 1.165) is 0 Å². The van der Waals surface area contributed by atoms with Crippen LogP contribution in [0.15, 0.2) is 24.3 Å². The van der Waals surface area contributed by atoms with E-state index < -0.39 is 11.9 Å². The average Bonchev–Trinajstić information content (AvgIpc) is 2.26. The van der Waals surface area contributed by atoms with E-state index in [4.69, 9.17) is 10.2 Å². The molecule has 16 heavy (non-hydrogen) atoms. The zero-order chi connectivity index (χ0) is 12.1. The Balaban J connectivity index is 2.53. The third-order valence-corrected chi connectivity index (χ3v) is 2.12. The van der Waals surface area contributed by atoms with Crippen LogP contribution in [0.5, 0.6) is 5.75 Å². The van der Waals surface area contributed by atoms with E-state index in [1.165, 1.54) is 31.2 Å². The smallest absolute Gasteiger partial charge is 0.308 e. The SMILES string of the molecule is CC(CNC(=O)c1ccc(O)cc1)C(=O)O. The van der Waals surface area contributed by atoms with E-state index in [1.807, 2.05) is 0 Å². The summed E-state index contributed by atoms with van der Waals surface area (Å²) in [4.78, 5) is 22.0. The molecule has 86 valence electrons. The molecule has 1 atom stereocenters. The molecule has 0 heterocycles. The molecule has 0 aliphatic heterocycles. The number of hydrogen-bond acceptors (Lipinski definition) is 3. The van der Waals surface area contributed by atoms with Crippen molar-refractivity contribution in [2.24, 2.45) is 5.92 Å². The number of carboxylic acids is 1. The Morgan fingerprint density at radius 3 is 2.38 bits per heavy atom. The fraction of sp³-hybridized carbons (Fsp3) is 0.273. The molecular formula is C11H13NO4. The summed E-state index contributed by atoms with van der Waals surface area (Å²) in [5, 5.41) is 20.1. The van der Waals surface area contributed by atoms with Crippen molar-refractivity contribution in [3.63, 3.8) is 0 Å². The number of benzene rings is 1. The molecule has 5 heteroatoms. The highest BCUT2D eigenvalue weighted by Crippen LogP contribution is 2.09. The number of aliphatic carboxylic acids is 1. The van der Waals surface area contributed by atoms with Gasteiger partial charge < -0.3 is 15.5 Å². The van der Waals surface area contributed by atoms with Gasteiger partial charge in [0, 0.05) is 12.1 Å². The summed E-state index contributed by atoms with van der Waals surface area (Å²) in [5.41, 5.74) is 0.385. The minimum absolute atomic E-state index is 0.0784. The number of nitrogens with one attached hydrogen (secondary N) is 1. The lowest BCUT2D eigenvalue weighted by Crippen LogP contribution is -2.31. The molecule has 0 bridgehead atoms. The van der Waals surface area contributed by atoms with E-state index in [1.54, 1.807) is 0 Å². The van der Waals surface area contributed by atoms with Gasteiger partial charge in [-0.15, -0.1) is 0 Å². The zero-order valence-electron chi connectivity index (χ0n) is 8.80. The minimum Gasteiger partial charge on any atom is -0.508 e. The second-order valence-corrected chi connectivity index (χ2v) is 3.50. The number of carboxylic acid groups (broad SMARTS) is 1. The van der Waals surface area contributed by atoms with Gasteiger partial charge in [0.15, 0.2) is 0 Å². The maximum atomic E-state index is 11.5. The first-order chi connectivity index (χ1) is 7.50. The molecule has 5 nitrogen and oxygen atoms in total. The van der Waals surface area contributed by atoms with Crippen LogP contribution in [0.1, 0.15) is 17.3 Å². The van der Waals surface area contributed by atoms with E-state index in [2.05, 4.69) is 5.32 Å². The predicted molar refractivity (Wildman–Crippen MR) is 57.2 cm³/mol. The maximum absolute atomic E-state index is 11.5. The summed E-state index contributed by atoms with van der Waals surface area (Å²) in [6.07, 6.45) is 0. The summed E-state index contributed by atoms with van der Waals surface area (Å²) in [5.74, 6) is -1.85. The monoisotopic (exact) mass is 223 g/mol. The Hall–Kier alpha value is -2.04. The van der Waals surface area contributed by atoms with Gasteiger partial charge in [-0.2, -0.15) is 0 Å². The first-order valence-corrected chi connectivity index (χ1v) is 4.80. The zero-order valence-corrected chi connectivity index (χ0v) is 8.80. The fourth-order valence-electron chi connectivity index (χ4n) is 1.05. The van der Waals surface area contributed by atoms with Gasteiger partial charge in [0.1, 0.15) is 5.75 Å². The van der Waals surface area contributed by atoms with Gasteiger partial charge in [-0.1, -0.05) is 6.92 Å². The first kappa shape index (κ1) is 12.0. The third-order valence-electron chi connectivity index (χ3n) is 2.12. The Kier molecular flexibility index (Phi) is 3.88. The molecule has 0 saturated heterocycles. The van der Waals surface area contributed by atoms with Crippen LogP contribution < -0.4 is 5.32 Å². The summed E-state index contributed by atoms with van der Waals surface area (Å²) >= 11 is 0. The number of phenolic OH excluding ortho intramolecular Hbond substituents is 1. The molecule has 3 N–H and O–H groups in total. The molecule has 1 aromatic rings. The number of carbonyl (C=O) groups is 2. The Morgan fingerprint density at radius 1 is 1.31 bits per heavy atom. The molecule has 0 aliphatic rings. The van der Waals surface area contributed by atoms with Crippen LogP contribution in [-0.2, 0) is 4.79 Å². The quantitative estimate of drug-likeness (QED) is 0.706. The highest BCUT2D eigenvalue weighted by Gasteiger charge is 2.12. The molecule has 0 aromatic heterocycles. The molecule has 1 unspecified atom stereocenters. The fourth-order valence-corrected chi connectivity index (χ4v) is 1.05. The maximum Gasteiger partial charge on any atom is 0.308 e. The van der Waals surface area contributed by atoms with Crippen molar-refractivity contribution < 1.29 is 19.8 Å². The molecule has 1 rings (SSSR count). The van der Waals surface area contributed by atoms with Gasteiger partial charge in [-0.05, 0) is 24.3 Å². The van der Waals surface area contributed by atoms with E-state index >= 15 is 0 Å². The third kappa shape index (κ3) is 3.27. The highest BCUT2D eigenvalue weighted by atomic mass is 16.4. The van der Waals surface area contributed by atoms with Gasteiger partial charge >= 0.3 is 5.97 Å². The van der Waals surface area contributed by atoms with Crippen LogP contribution >= 0.6 is 0 Å². The van der Waals surface area contributed by atoms with Gasteiger partial charge in [-0.25, -0.2) is 0 Å². The van der Waals surface area contributed by atoms with E-state index in [-0.39, 0.29) is 18.2 Å². The number of amides is 1. The molecule has 0 saturated carbocycles. The van der Waals surface area contributed by atoms with Crippen LogP contribution in [0.3, 0.4) is 0 Å². The lowest BCUT2D eigenvalue weighted by Gasteiger charge is -2.08. The van der Waals surface area contributed by atoms with Crippen LogP contribution in [-0.4, -0.2) is 28.6 Å². The summed E-state index contributed by atoms with van der Waals surface area (Å²) in [6.45, 7) is 1.59. The normalized spacial score (nSPS) is 11.8. The van der Waals surface area contributed by atoms with Crippen molar-refractivity contribution in [2.75, 3.05) is 6.54 Å². The Bertz CT molecular complexity index is 385. The van der Waals surface area contributed by atoms with Gasteiger partial charge in [0.05, 0.1) is 5.92 Å². The highest BCUT2D eigenvalue weighted by molar-refractivity contribution is 5.94. The topological polar surface area (TPSA) is 86.6 Å². The van der Waals surface area contributed by atoms with E-state index in [9.17, 15) is 9.59 Å². The number of hydrogen-bond donors (Lipinski definition) is 3. The standard InChI is InChI=1S/C11H13NO4/c1-7(11(15)16)6-12-10(14)8-2-4-9(13)5-3-8/h2-5,7,13H,6H2,1H3,(H,12,14)(H,15,16). The Morgan fingerprint density at radius 2 is 1.88 bits per heavy atom. The Labute approximate surface area is 92.7 Å². The number of phenols is 1. The van der Waals surface area contributed by atoms with Gasteiger partial charge in [0.2, 0.25) is 0 Å². The average molecular weight is 223 g/mol. The lowest BCUT2D eigenvalue weighted by atomic mass is 10.1. The predicted octanol–water partition coefficient (Wildman–Crippen LogP) is 0.843. The largest absolute Gasteiger partial charge is 0.508 e. The minimum atomic E-state index is -0.953. The summed E-state index contributed by atoms with van der Waals surface area (Å²) < 4.78 is 0. The molecule has 0 radical (unpaired) electrons. The van der Waals surface area contributed by atoms with Crippen molar-refractivity contribution >= 4 is 11.9 Å². The van der Waals surface area contributed by atoms with Crippen molar-refractivity contribution in [1.29, 1.82) is 0 Å². The number of carbonyl (C=O) groups excluding carboxylic acids is 1. The van der Waals surface area contributed by atoms with Crippen molar-refractivity contribution in [3.05, 3.63) is 29.8 Å². The van der Waals surface area contributed by atoms with E-state index in [0.29, 0.717) is 5.56 Å².